The first-order valence-corrected chi connectivity index (χ1v) is 11.6. The minimum Gasteiger partial charge on any atom is -0.387 e. The summed E-state index contributed by atoms with van der Waals surface area (Å²) in [7, 11) is 0. The van der Waals surface area contributed by atoms with Crippen LogP contribution in [-0.4, -0.2) is 38.0 Å². The Bertz CT molecular complexity index is 1450. The quantitative estimate of drug-likeness (QED) is 0.287. The number of imidazole rings is 1. The van der Waals surface area contributed by atoms with Crippen molar-refractivity contribution >= 4 is 22.6 Å². The first kappa shape index (κ1) is 24.2. The highest BCUT2D eigenvalue weighted by Crippen LogP contribution is 2.27. The van der Waals surface area contributed by atoms with Gasteiger partial charge in [-0.25, -0.2) is 4.98 Å². The standard InChI is InChI=1S/C27H31N5O3/c1-15-7-6-8-17(11-15)21(33)14-29-19-9-10-28-26(35)22(19)24-30-20-13-18(12-16(2)23(20)31-24)25(34)32-27(3,4)5/h6-13,21,33H,14H2,1-5H3,(H,30,31)(H,32,34)(H2,28,29,35). The van der Waals surface area contributed by atoms with E-state index >= 15 is 0 Å². The fourth-order valence-corrected chi connectivity index (χ4v) is 4.02. The van der Waals surface area contributed by atoms with Crippen LogP contribution in [0.1, 0.15) is 53.9 Å². The van der Waals surface area contributed by atoms with Crippen molar-refractivity contribution in [3.05, 3.63) is 81.3 Å². The number of aromatic nitrogens is 3. The van der Waals surface area contributed by atoms with E-state index in [4.69, 9.17) is 0 Å². The minimum absolute atomic E-state index is 0.177. The number of nitrogens with one attached hydrogen (secondary N) is 4. The molecule has 0 spiro atoms. The summed E-state index contributed by atoms with van der Waals surface area (Å²) in [5.74, 6) is 0.203. The second-order valence-corrected chi connectivity index (χ2v) is 9.89. The summed E-state index contributed by atoms with van der Waals surface area (Å²) < 4.78 is 0. The SMILES string of the molecule is Cc1cccc(C(O)CNc2cc[nH]c(=O)c2-c2nc3c(C)cc(C(=O)NC(C)(C)C)cc3[nH]2)c1. The van der Waals surface area contributed by atoms with Crippen LogP contribution in [0.2, 0.25) is 0 Å². The van der Waals surface area contributed by atoms with Gasteiger partial charge in [-0.2, -0.15) is 0 Å². The molecule has 0 aliphatic heterocycles. The number of carbonyl (C=O) groups is 1. The highest BCUT2D eigenvalue weighted by Gasteiger charge is 2.20. The average Bonchev–Trinajstić information content (AvgIpc) is 3.20. The number of aromatic amines is 2. The number of aliphatic hydroxyl groups excluding tert-OH is 1. The van der Waals surface area contributed by atoms with Gasteiger partial charge in [-0.05, 0) is 63.9 Å². The lowest BCUT2D eigenvalue weighted by atomic mass is 10.1. The Morgan fingerprint density at radius 1 is 1.14 bits per heavy atom. The lowest BCUT2D eigenvalue weighted by Crippen LogP contribution is -2.40. The number of anilines is 1. The molecule has 2 heterocycles. The van der Waals surface area contributed by atoms with Gasteiger partial charge in [0.2, 0.25) is 0 Å². The summed E-state index contributed by atoms with van der Waals surface area (Å²) in [6, 6.07) is 12.9. The van der Waals surface area contributed by atoms with Crippen LogP contribution in [0.5, 0.6) is 0 Å². The summed E-state index contributed by atoms with van der Waals surface area (Å²) in [5.41, 5.74) is 4.73. The molecule has 0 aliphatic carbocycles. The van der Waals surface area contributed by atoms with Gasteiger partial charge in [-0.15, -0.1) is 0 Å². The van der Waals surface area contributed by atoms with Gasteiger partial charge >= 0.3 is 0 Å². The Labute approximate surface area is 203 Å². The van der Waals surface area contributed by atoms with E-state index < -0.39 is 6.10 Å². The minimum atomic E-state index is -0.746. The van der Waals surface area contributed by atoms with Crippen LogP contribution in [0.3, 0.4) is 0 Å². The van der Waals surface area contributed by atoms with E-state index in [9.17, 15) is 14.7 Å². The summed E-state index contributed by atoms with van der Waals surface area (Å²) >= 11 is 0. The molecular formula is C27H31N5O3. The highest BCUT2D eigenvalue weighted by molar-refractivity contribution is 5.99. The Hall–Kier alpha value is -3.91. The van der Waals surface area contributed by atoms with E-state index in [0.717, 1.165) is 16.7 Å². The van der Waals surface area contributed by atoms with Crippen molar-refractivity contribution in [1.29, 1.82) is 0 Å². The zero-order valence-corrected chi connectivity index (χ0v) is 20.6. The first-order chi connectivity index (χ1) is 16.5. The zero-order chi connectivity index (χ0) is 25.3. The van der Waals surface area contributed by atoms with Gasteiger partial charge in [0.1, 0.15) is 11.4 Å². The van der Waals surface area contributed by atoms with Crippen molar-refractivity contribution in [3.8, 4) is 11.4 Å². The van der Waals surface area contributed by atoms with Crippen molar-refractivity contribution in [2.45, 2.75) is 46.3 Å². The van der Waals surface area contributed by atoms with Gasteiger partial charge in [0.05, 0.1) is 22.8 Å². The maximum Gasteiger partial charge on any atom is 0.261 e. The molecule has 1 unspecified atom stereocenters. The second kappa shape index (κ2) is 9.38. The molecule has 1 amide bonds. The van der Waals surface area contributed by atoms with Crippen molar-refractivity contribution in [2.75, 3.05) is 11.9 Å². The molecule has 1 atom stereocenters. The molecule has 8 heteroatoms. The Kier molecular flexibility index (Phi) is 6.49. The summed E-state index contributed by atoms with van der Waals surface area (Å²) in [6.45, 7) is 9.86. The number of hydrogen-bond acceptors (Lipinski definition) is 5. The van der Waals surface area contributed by atoms with Crippen molar-refractivity contribution in [3.63, 3.8) is 0 Å². The predicted octanol–water partition coefficient (Wildman–Crippen LogP) is 4.21. The first-order valence-electron chi connectivity index (χ1n) is 11.6. The van der Waals surface area contributed by atoms with E-state index in [2.05, 4.69) is 25.6 Å². The molecule has 35 heavy (non-hydrogen) atoms. The van der Waals surface area contributed by atoms with E-state index in [1.165, 1.54) is 0 Å². The van der Waals surface area contributed by atoms with Crippen LogP contribution >= 0.6 is 0 Å². The van der Waals surface area contributed by atoms with Crippen LogP contribution in [-0.2, 0) is 0 Å². The number of carbonyl (C=O) groups excluding carboxylic acids is 1. The van der Waals surface area contributed by atoms with Crippen LogP contribution in [0.15, 0.2) is 53.5 Å². The number of pyridine rings is 1. The molecule has 182 valence electrons. The summed E-state index contributed by atoms with van der Waals surface area (Å²) in [4.78, 5) is 36.1. The van der Waals surface area contributed by atoms with Crippen molar-refractivity contribution < 1.29 is 9.90 Å². The van der Waals surface area contributed by atoms with Gasteiger partial charge < -0.3 is 25.7 Å². The monoisotopic (exact) mass is 473 g/mol. The predicted molar refractivity (Wildman–Crippen MR) is 139 cm³/mol. The molecule has 0 saturated heterocycles. The van der Waals surface area contributed by atoms with E-state index in [0.29, 0.717) is 33.7 Å². The zero-order valence-electron chi connectivity index (χ0n) is 20.6. The number of rotatable bonds is 6. The second-order valence-electron chi connectivity index (χ2n) is 9.89. The van der Waals surface area contributed by atoms with E-state index in [-0.39, 0.29) is 23.6 Å². The largest absolute Gasteiger partial charge is 0.387 e. The van der Waals surface area contributed by atoms with Gasteiger partial charge in [-0.1, -0.05) is 29.8 Å². The van der Waals surface area contributed by atoms with E-state index in [1.807, 2.05) is 58.9 Å². The topological polar surface area (TPSA) is 123 Å². The number of H-pyrrole nitrogens is 2. The molecule has 5 N–H and O–H groups in total. The maximum absolute atomic E-state index is 12.8. The van der Waals surface area contributed by atoms with Gasteiger partial charge in [0.15, 0.2) is 0 Å². The lowest BCUT2D eigenvalue weighted by molar-refractivity contribution is 0.0919. The number of nitrogens with zero attached hydrogens (tertiary/aromatic N) is 1. The Balaban J connectivity index is 1.66. The third-order valence-corrected chi connectivity index (χ3v) is 5.64. The number of hydrogen-bond donors (Lipinski definition) is 5. The molecule has 2 aromatic heterocycles. The molecule has 0 radical (unpaired) electrons. The fourth-order valence-electron chi connectivity index (χ4n) is 4.02. The molecule has 0 aliphatic rings. The third kappa shape index (κ3) is 5.44. The maximum atomic E-state index is 12.8. The van der Waals surface area contributed by atoms with Gasteiger partial charge in [0.25, 0.3) is 11.5 Å². The summed E-state index contributed by atoms with van der Waals surface area (Å²) in [5, 5.41) is 16.8. The van der Waals surface area contributed by atoms with E-state index in [1.54, 1.807) is 24.4 Å². The average molecular weight is 474 g/mol. The molecule has 0 fully saturated rings. The molecule has 4 rings (SSSR count). The molecule has 4 aromatic rings. The molecular weight excluding hydrogens is 442 g/mol. The normalized spacial score (nSPS) is 12.5. The molecule has 2 aromatic carbocycles. The fraction of sp³-hybridized carbons (Fsp3) is 0.296. The number of aryl methyl sites for hydroxylation is 2. The smallest absolute Gasteiger partial charge is 0.261 e. The third-order valence-electron chi connectivity index (χ3n) is 5.64. The van der Waals surface area contributed by atoms with Crippen LogP contribution in [0.4, 0.5) is 5.69 Å². The number of aliphatic hydroxyl groups is 1. The number of amides is 1. The summed E-state index contributed by atoms with van der Waals surface area (Å²) in [6.07, 6.45) is 0.805. The van der Waals surface area contributed by atoms with Crippen molar-refractivity contribution in [2.24, 2.45) is 0 Å². The Morgan fingerprint density at radius 3 is 2.63 bits per heavy atom. The number of fused-ring (bicyclic) bond motifs is 1. The molecule has 0 bridgehead atoms. The Morgan fingerprint density at radius 2 is 1.91 bits per heavy atom. The van der Waals surface area contributed by atoms with Crippen molar-refractivity contribution in [1.82, 2.24) is 20.3 Å². The van der Waals surface area contributed by atoms with Crippen LogP contribution < -0.4 is 16.2 Å². The molecule has 8 nitrogen and oxygen atoms in total. The molecule has 0 saturated carbocycles. The van der Waals surface area contributed by atoms with Crippen LogP contribution in [0, 0.1) is 13.8 Å². The van der Waals surface area contributed by atoms with Gasteiger partial charge in [0, 0.05) is 23.8 Å². The lowest BCUT2D eigenvalue weighted by Gasteiger charge is -2.20. The highest BCUT2D eigenvalue weighted by atomic mass is 16.3. The number of benzene rings is 2. The van der Waals surface area contributed by atoms with Gasteiger partial charge in [-0.3, -0.25) is 9.59 Å². The van der Waals surface area contributed by atoms with Crippen LogP contribution in [0.25, 0.3) is 22.4 Å².